The third-order valence-corrected chi connectivity index (χ3v) is 5.72. The zero-order chi connectivity index (χ0) is 13.6. The van der Waals surface area contributed by atoms with E-state index in [-0.39, 0.29) is 0 Å². The second kappa shape index (κ2) is 7.59. The first-order valence-electron chi connectivity index (χ1n) is 7.33. The second-order valence-electron chi connectivity index (χ2n) is 5.19. The third kappa shape index (κ3) is 4.31. The number of nitrogens with zero attached hydrogens (tertiary/aromatic N) is 2. The van der Waals surface area contributed by atoms with Gasteiger partial charge in [0.2, 0.25) is 5.13 Å². The Morgan fingerprint density at radius 3 is 2.75 bits per heavy atom. The fourth-order valence-corrected chi connectivity index (χ4v) is 4.30. The van der Waals surface area contributed by atoms with Crippen LogP contribution in [0.5, 0.6) is 0 Å². The molecule has 20 heavy (non-hydrogen) atoms. The molecule has 5 nitrogen and oxygen atoms in total. The normalized spacial score (nSPS) is 26.8. The van der Waals surface area contributed by atoms with Gasteiger partial charge in [0.05, 0.1) is 12.2 Å². The van der Waals surface area contributed by atoms with Gasteiger partial charge in [-0.05, 0) is 32.1 Å². The van der Waals surface area contributed by atoms with Gasteiger partial charge in [-0.2, -0.15) is 0 Å². The van der Waals surface area contributed by atoms with Crippen LogP contribution in [0.3, 0.4) is 0 Å². The van der Waals surface area contributed by atoms with E-state index in [2.05, 4.69) is 15.5 Å². The Hall–Kier alpha value is -0.370. The lowest BCUT2D eigenvalue weighted by Gasteiger charge is -2.21. The SMILES string of the molecule is C1CC[C@@H](CSc2nnc(NC[C@H]3CCCO3)s2)OC1. The summed E-state index contributed by atoms with van der Waals surface area (Å²) in [6.07, 6.45) is 6.71. The number of anilines is 1. The van der Waals surface area contributed by atoms with E-state index in [1.54, 1.807) is 23.1 Å². The molecule has 3 heterocycles. The van der Waals surface area contributed by atoms with Crippen molar-refractivity contribution >= 4 is 28.2 Å². The lowest BCUT2D eigenvalue weighted by molar-refractivity contribution is 0.0315. The van der Waals surface area contributed by atoms with Crippen molar-refractivity contribution in [2.24, 2.45) is 0 Å². The van der Waals surface area contributed by atoms with Crippen LogP contribution >= 0.6 is 23.1 Å². The lowest BCUT2D eigenvalue weighted by Crippen LogP contribution is -2.21. The molecule has 7 heteroatoms. The summed E-state index contributed by atoms with van der Waals surface area (Å²) in [4.78, 5) is 0. The van der Waals surface area contributed by atoms with E-state index < -0.39 is 0 Å². The molecule has 0 bridgehead atoms. The van der Waals surface area contributed by atoms with Crippen LogP contribution in [0, 0.1) is 0 Å². The molecular formula is C13H21N3O2S2. The summed E-state index contributed by atoms with van der Waals surface area (Å²) in [6.45, 7) is 2.64. The molecule has 1 N–H and O–H groups in total. The van der Waals surface area contributed by atoms with Crippen molar-refractivity contribution in [2.75, 3.05) is 30.8 Å². The van der Waals surface area contributed by atoms with E-state index in [4.69, 9.17) is 9.47 Å². The molecule has 2 saturated heterocycles. The molecule has 2 fully saturated rings. The van der Waals surface area contributed by atoms with E-state index in [1.807, 2.05) is 0 Å². The molecule has 3 rings (SSSR count). The smallest absolute Gasteiger partial charge is 0.206 e. The molecule has 0 aromatic carbocycles. The van der Waals surface area contributed by atoms with Crippen molar-refractivity contribution in [1.82, 2.24) is 10.2 Å². The summed E-state index contributed by atoms with van der Waals surface area (Å²) >= 11 is 3.38. The predicted molar refractivity (Wildman–Crippen MR) is 81.7 cm³/mol. The third-order valence-electron chi connectivity index (χ3n) is 3.58. The zero-order valence-corrected chi connectivity index (χ0v) is 13.2. The first-order chi connectivity index (χ1) is 9.90. The number of hydrogen-bond acceptors (Lipinski definition) is 7. The molecule has 0 radical (unpaired) electrons. The minimum absolute atomic E-state index is 0.339. The quantitative estimate of drug-likeness (QED) is 0.815. The molecular weight excluding hydrogens is 294 g/mol. The van der Waals surface area contributed by atoms with Crippen molar-refractivity contribution in [2.45, 2.75) is 48.7 Å². The van der Waals surface area contributed by atoms with Gasteiger partial charge in [-0.25, -0.2) is 0 Å². The Morgan fingerprint density at radius 1 is 1.10 bits per heavy atom. The highest BCUT2D eigenvalue weighted by molar-refractivity contribution is 8.01. The Kier molecular flexibility index (Phi) is 5.52. The second-order valence-corrected chi connectivity index (χ2v) is 7.43. The number of rotatable bonds is 6. The lowest BCUT2D eigenvalue weighted by atomic mass is 10.1. The van der Waals surface area contributed by atoms with Crippen LogP contribution in [-0.4, -0.2) is 47.9 Å². The van der Waals surface area contributed by atoms with Crippen LogP contribution in [-0.2, 0) is 9.47 Å². The first kappa shape index (κ1) is 14.6. The summed E-state index contributed by atoms with van der Waals surface area (Å²) in [6, 6.07) is 0. The molecule has 2 aliphatic heterocycles. The fraction of sp³-hybridized carbons (Fsp3) is 0.846. The summed E-state index contributed by atoms with van der Waals surface area (Å²) in [5.41, 5.74) is 0. The standard InChI is InChI=1S/C13H21N3O2S2/c1-2-6-18-11(4-1)9-19-13-16-15-12(20-13)14-8-10-5-3-7-17-10/h10-11H,1-9H2,(H,14,15)/t10-,11+/m1/s1. The molecule has 0 unspecified atom stereocenters. The monoisotopic (exact) mass is 315 g/mol. The van der Waals surface area contributed by atoms with Crippen molar-refractivity contribution in [1.29, 1.82) is 0 Å². The number of thioether (sulfide) groups is 1. The maximum Gasteiger partial charge on any atom is 0.206 e. The molecule has 2 aliphatic rings. The Bertz CT molecular complexity index is 404. The van der Waals surface area contributed by atoms with Gasteiger partial charge >= 0.3 is 0 Å². The van der Waals surface area contributed by atoms with Gasteiger partial charge in [-0.3, -0.25) is 0 Å². The van der Waals surface area contributed by atoms with E-state index >= 15 is 0 Å². The van der Waals surface area contributed by atoms with Crippen LogP contribution < -0.4 is 5.32 Å². The zero-order valence-electron chi connectivity index (χ0n) is 11.5. The van der Waals surface area contributed by atoms with Gasteiger partial charge in [-0.15, -0.1) is 10.2 Å². The molecule has 2 atom stereocenters. The topological polar surface area (TPSA) is 56.3 Å². The van der Waals surface area contributed by atoms with Gasteiger partial charge in [0.1, 0.15) is 0 Å². The highest BCUT2D eigenvalue weighted by atomic mass is 32.2. The highest BCUT2D eigenvalue weighted by Crippen LogP contribution is 2.28. The van der Waals surface area contributed by atoms with Gasteiger partial charge in [-0.1, -0.05) is 23.1 Å². The fourth-order valence-electron chi connectivity index (χ4n) is 2.45. The van der Waals surface area contributed by atoms with E-state index in [0.29, 0.717) is 12.2 Å². The number of ether oxygens (including phenoxy) is 2. The summed E-state index contributed by atoms with van der Waals surface area (Å²) < 4.78 is 12.3. The van der Waals surface area contributed by atoms with Gasteiger partial charge in [0, 0.05) is 25.5 Å². The van der Waals surface area contributed by atoms with E-state index in [1.165, 1.54) is 25.7 Å². The molecule has 1 aromatic heterocycles. The minimum Gasteiger partial charge on any atom is -0.377 e. The average molecular weight is 315 g/mol. The molecule has 112 valence electrons. The Labute approximate surface area is 127 Å². The predicted octanol–water partition coefficient (Wildman–Crippen LogP) is 2.79. The molecule has 0 spiro atoms. The van der Waals surface area contributed by atoms with E-state index in [0.717, 1.165) is 41.4 Å². The Balaban J connectivity index is 1.39. The van der Waals surface area contributed by atoms with Crippen molar-refractivity contribution in [3.63, 3.8) is 0 Å². The summed E-state index contributed by atoms with van der Waals surface area (Å²) in [5.74, 6) is 0.986. The number of nitrogens with one attached hydrogen (secondary N) is 1. The van der Waals surface area contributed by atoms with Crippen LogP contribution in [0.25, 0.3) is 0 Å². The average Bonchev–Trinajstić information content (AvgIpc) is 3.16. The van der Waals surface area contributed by atoms with Gasteiger partial charge in [0.15, 0.2) is 4.34 Å². The summed E-state index contributed by atoms with van der Waals surface area (Å²) in [5, 5.41) is 12.6. The van der Waals surface area contributed by atoms with Crippen molar-refractivity contribution < 1.29 is 9.47 Å². The van der Waals surface area contributed by atoms with Gasteiger partial charge < -0.3 is 14.8 Å². The number of aromatic nitrogens is 2. The van der Waals surface area contributed by atoms with Gasteiger partial charge in [0.25, 0.3) is 0 Å². The highest BCUT2D eigenvalue weighted by Gasteiger charge is 2.17. The molecule has 0 amide bonds. The van der Waals surface area contributed by atoms with Crippen molar-refractivity contribution in [3.05, 3.63) is 0 Å². The van der Waals surface area contributed by atoms with E-state index in [9.17, 15) is 0 Å². The molecule has 0 saturated carbocycles. The van der Waals surface area contributed by atoms with Crippen LogP contribution in [0.2, 0.25) is 0 Å². The van der Waals surface area contributed by atoms with Crippen molar-refractivity contribution in [3.8, 4) is 0 Å². The van der Waals surface area contributed by atoms with Crippen LogP contribution in [0.15, 0.2) is 4.34 Å². The Morgan fingerprint density at radius 2 is 1.95 bits per heavy atom. The maximum atomic E-state index is 5.72. The minimum atomic E-state index is 0.339. The van der Waals surface area contributed by atoms with Crippen LogP contribution in [0.4, 0.5) is 5.13 Å². The molecule has 1 aromatic rings. The van der Waals surface area contributed by atoms with Crippen LogP contribution in [0.1, 0.15) is 32.1 Å². The maximum absolute atomic E-state index is 5.72. The largest absolute Gasteiger partial charge is 0.377 e. The first-order valence-corrected chi connectivity index (χ1v) is 9.14. The molecule has 0 aliphatic carbocycles. The summed E-state index contributed by atoms with van der Waals surface area (Å²) in [7, 11) is 0. The number of hydrogen-bond donors (Lipinski definition) is 1.